The molecule has 0 radical (unpaired) electrons. The summed E-state index contributed by atoms with van der Waals surface area (Å²) in [5.41, 5.74) is 17.5. The molecule has 9 heteroatoms. The maximum absolute atomic E-state index is 12.9. The van der Waals surface area contributed by atoms with Gasteiger partial charge in [-0.2, -0.15) is 0 Å². The third-order valence-electron chi connectivity index (χ3n) is 6.59. The second-order valence-corrected chi connectivity index (χ2v) is 9.83. The number of hydrogen-bond donors (Lipinski definition) is 6. The molecule has 4 amide bonds. The lowest BCUT2D eigenvalue weighted by atomic mass is 9.99. The number of urea groups is 2. The first-order valence-electron chi connectivity index (χ1n) is 13.8. The van der Waals surface area contributed by atoms with Crippen LogP contribution in [0.5, 0.6) is 0 Å². The van der Waals surface area contributed by atoms with Gasteiger partial charge in [-0.3, -0.25) is 5.32 Å². The van der Waals surface area contributed by atoms with Crippen molar-refractivity contribution in [1.82, 2.24) is 21.3 Å². The van der Waals surface area contributed by atoms with Crippen molar-refractivity contribution in [3.05, 3.63) is 143 Å². The van der Waals surface area contributed by atoms with Gasteiger partial charge in [0, 0.05) is 19.6 Å². The molecule has 0 saturated carbocycles. The number of guanidine groups is 1. The third kappa shape index (κ3) is 9.79. The van der Waals surface area contributed by atoms with E-state index in [9.17, 15) is 9.59 Å². The van der Waals surface area contributed by atoms with E-state index in [1.54, 1.807) is 0 Å². The number of rotatable bonds is 11. The molecule has 0 aliphatic carbocycles. The van der Waals surface area contributed by atoms with Gasteiger partial charge in [-0.05, 0) is 39.8 Å². The number of carbonyl (C=O) groups excluding carboxylic acids is 2. The molecule has 0 bridgehead atoms. The largest absolute Gasteiger partial charge is 0.370 e. The lowest BCUT2D eigenvalue weighted by Gasteiger charge is -2.20. The summed E-state index contributed by atoms with van der Waals surface area (Å²) >= 11 is 0. The summed E-state index contributed by atoms with van der Waals surface area (Å²) in [6, 6.07) is 34.5. The van der Waals surface area contributed by atoms with Gasteiger partial charge in [0.25, 0.3) is 0 Å². The number of hydrogen-bond acceptors (Lipinski definition) is 4. The summed E-state index contributed by atoms with van der Waals surface area (Å²) in [4.78, 5) is 29.3. The highest BCUT2D eigenvalue weighted by atomic mass is 16.2. The quantitative estimate of drug-likeness (QED) is 0.120. The molecule has 42 heavy (non-hydrogen) atoms. The van der Waals surface area contributed by atoms with Crippen molar-refractivity contribution in [2.45, 2.75) is 38.6 Å². The van der Waals surface area contributed by atoms with E-state index < -0.39 is 6.03 Å². The molecule has 8 N–H and O–H groups in total. The first-order valence-corrected chi connectivity index (χ1v) is 13.8. The Bertz CT molecular complexity index is 1480. The fourth-order valence-electron chi connectivity index (χ4n) is 4.44. The average Bonchev–Trinajstić information content (AvgIpc) is 3.03. The van der Waals surface area contributed by atoms with E-state index in [0.717, 1.165) is 33.4 Å². The molecule has 0 aromatic heterocycles. The van der Waals surface area contributed by atoms with Crippen molar-refractivity contribution < 1.29 is 9.59 Å². The van der Waals surface area contributed by atoms with Gasteiger partial charge in [-0.1, -0.05) is 109 Å². The number of benzene rings is 4. The van der Waals surface area contributed by atoms with Crippen molar-refractivity contribution in [2.24, 2.45) is 16.5 Å². The Hall–Kier alpha value is -5.15. The standard InChI is InChI=1S/C33H37N7O2/c34-20-25-11-7-12-26(17-25)22-38-33(42)40-31(35)36-21-27-13-8-14-28(18-27)23-37-32(41)39-30(29-15-5-2-6-16-29)19-24-9-3-1-4-10-24/h1-18,30H,19-23,34H2,(H2,37,39,41)(H4,35,36,38,40,42). The minimum absolute atomic E-state index is 0.0106. The van der Waals surface area contributed by atoms with E-state index in [1.165, 1.54) is 0 Å². The van der Waals surface area contributed by atoms with Crippen LogP contribution in [0.3, 0.4) is 0 Å². The van der Waals surface area contributed by atoms with E-state index in [2.05, 4.69) is 38.4 Å². The monoisotopic (exact) mass is 563 g/mol. The summed E-state index contributed by atoms with van der Waals surface area (Å²) in [5.74, 6) is 0.0106. The molecule has 0 saturated heterocycles. The Morgan fingerprint density at radius 2 is 1.21 bits per heavy atom. The molecule has 4 aromatic rings. The number of aliphatic imine (C=N–C) groups is 1. The molecular formula is C33H37N7O2. The van der Waals surface area contributed by atoms with Crippen LogP contribution in [0.1, 0.15) is 39.4 Å². The zero-order chi connectivity index (χ0) is 29.6. The number of nitrogens with two attached hydrogens (primary N) is 2. The smallest absolute Gasteiger partial charge is 0.321 e. The van der Waals surface area contributed by atoms with Gasteiger partial charge in [-0.15, -0.1) is 0 Å². The highest BCUT2D eigenvalue weighted by molar-refractivity contribution is 5.95. The lowest BCUT2D eigenvalue weighted by Crippen LogP contribution is -2.43. The van der Waals surface area contributed by atoms with Crippen LogP contribution in [-0.4, -0.2) is 18.0 Å². The normalized spacial score (nSPS) is 11.8. The van der Waals surface area contributed by atoms with Crippen molar-refractivity contribution >= 4 is 18.0 Å². The second kappa shape index (κ2) is 15.6. The van der Waals surface area contributed by atoms with Gasteiger partial charge in [0.15, 0.2) is 5.96 Å². The molecule has 0 spiro atoms. The molecule has 1 unspecified atom stereocenters. The minimum Gasteiger partial charge on any atom is -0.370 e. The maximum Gasteiger partial charge on any atom is 0.321 e. The molecule has 4 aromatic carbocycles. The SMILES string of the molecule is NCc1cccc(CNC(=O)NC(N)=NCc2cccc(CNC(=O)NC(Cc3ccccc3)c3ccccc3)c2)c1. The molecule has 0 aliphatic rings. The van der Waals surface area contributed by atoms with Crippen LogP contribution in [0, 0.1) is 0 Å². The topological polar surface area (TPSA) is 147 Å². The van der Waals surface area contributed by atoms with Crippen LogP contribution in [0.15, 0.2) is 114 Å². The Morgan fingerprint density at radius 3 is 1.88 bits per heavy atom. The zero-order valence-corrected chi connectivity index (χ0v) is 23.4. The third-order valence-corrected chi connectivity index (χ3v) is 6.59. The highest BCUT2D eigenvalue weighted by Crippen LogP contribution is 2.18. The van der Waals surface area contributed by atoms with Gasteiger partial charge in [-0.25, -0.2) is 14.6 Å². The van der Waals surface area contributed by atoms with Gasteiger partial charge >= 0.3 is 12.1 Å². The number of nitrogens with one attached hydrogen (secondary N) is 4. The van der Waals surface area contributed by atoms with Gasteiger partial charge in [0.2, 0.25) is 0 Å². The molecule has 0 fully saturated rings. The van der Waals surface area contributed by atoms with Crippen LogP contribution in [0.2, 0.25) is 0 Å². The van der Waals surface area contributed by atoms with E-state index in [0.29, 0.717) is 26.1 Å². The molecule has 9 nitrogen and oxygen atoms in total. The fraction of sp³-hybridized carbons (Fsp3) is 0.182. The Labute approximate surface area is 246 Å². The van der Waals surface area contributed by atoms with Crippen LogP contribution < -0.4 is 32.7 Å². The summed E-state index contributed by atoms with van der Waals surface area (Å²) in [6.07, 6.45) is 0.681. The highest BCUT2D eigenvalue weighted by Gasteiger charge is 2.15. The van der Waals surface area contributed by atoms with Gasteiger partial charge in [0.1, 0.15) is 0 Å². The molecular weight excluding hydrogens is 526 g/mol. The summed E-state index contributed by atoms with van der Waals surface area (Å²) in [7, 11) is 0. The summed E-state index contributed by atoms with van der Waals surface area (Å²) in [6.45, 7) is 1.40. The van der Waals surface area contributed by atoms with Gasteiger partial charge < -0.3 is 27.4 Å². The number of nitrogens with zero attached hydrogens (tertiary/aromatic N) is 1. The lowest BCUT2D eigenvalue weighted by molar-refractivity contribution is 0.236. The van der Waals surface area contributed by atoms with E-state index in [1.807, 2.05) is 97.1 Å². The van der Waals surface area contributed by atoms with Crippen molar-refractivity contribution in [3.8, 4) is 0 Å². The molecule has 0 heterocycles. The zero-order valence-electron chi connectivity index (χ0n) is 23.4. The Balaban J connectivity index is 1.26. The van der Waals surface area contributed by atoms with Crippen LogP contribution in [-0.2, 0) is 32.6 Å². The second-order valence-electron chi connectivity index (χ2n) is 9.83. The van der Waals surface area contributed by atoms with E-state index >= 15 is 0 Å². The average molecular weight is 564 g/mol. The molecule has 1 atom stereocenters. The first-order chi connectivity index (χ1) is 20.5. The number of carbonyl (C=O) groups is 2. The maximum atomic E-state index is 12.9. The molecule has 0 aliphatic heterocycles. The summed E-state index contributed by atoms with van der Waals surface area (Å²) < 4.78 is 0. The predicted molar refractivity (Wildman–Crippen MR) is 166 cm³/mol. The van der Waals surface area contributed by atoms with Gasteiger partial charge in [0.05, 0.1) is 12.6 Å². The number of amides is 4. The Morgan fingerprint density at radius 1 is 0.667 bits per heavy atom. The first kappa shape index (κ1) is 29.8. The minimum atomic E-state index is -0.445. The summed E-state index contributed by atoms with van der Waals surface area (Å²) in [5, 5.41) is 11.4. The van der Waals surface area contributed by atoms with Crippen molar-refractivity contribution in [1.29, 1.82) is 0 Å². The molecule has 4 rings (SSSR count). The Kier molecular flexibility index (Phi) is 11.1. The van der Waals surface area contributed by atoms with E-state index in [-0.39, 0.29) is 24.6 Å². The van der Waals surface area contributed by atoms with Crippen LogP contribution in [0.4, 0.5) is 9.59 Å². The van der Waals surface area contributed by atoms with E-state index in [4.69, 9.17) is 11.5 Å². The van der Waals surface area contributed by atoms with Crippen molar-refractivity contribution in [2.75, 3.05) is 0 Å². The fourth-order valence-corrected chi connectivity index (χ4v) is 4.44. The van der Waals surface area contributed by atoms with Crippen LogP contribution >= 0.6 is 0 Å². The van der Waals surface area contributed by atoms with Crippen molar-refractivity contribution in [3.63, 3.8) is 0 Å². The van der Waals surface area contributed by atoms with Crippen LogP contribution in [0.25, 0.3) is 0 Å². The predicted octanol–water partition coefficient (Wildman–Crippen LogP) is 4.24. The molecule has 216 valence electrons.